The molecule has 1 rings (SSSR count). The first-order valence-electron chi connectivity index (χ1n) is 6.17. The number of nitrogens with one attached hydrogen (secondary N) is 1. The largest absolute Gasteiger partial charge is 0.355 e. The molecule has 0 unspecified atom stereocenters. The van der Waals surface area contributed by atoms with E-state index in [-0.39, 0.29) is 11.9 Å². The normalized spacial score (nSPS) is 21.3. The highest BCUT2D eigenvalue weighted by Crippen LogP contribution is 2.17. The Balaban J connectivity index is 2.32. The van der Waals surface area contributed by atoms with E-state index in [0.29, 0.717) is 0 Å². The van der Waals surface area contributed by atoms with E-state index >= 15 is 0 Å². The number of carbonyl (C=O) groups is 1. The number of nitrogens with zero attached hydrogens (tertiary/aromatic N) is 1. The van der Waals surface area contributed by atoms with Crippen LogP contribution in [0, 0.1) is 5.92 Å². The van der Waals surface area contributed by atoms with E-state index in [2.05, 4.69) is 24.1 Å². The third-order valence-corrected chi connectivity index (χ3v) is 3.29. The molecule has 0 saturated carbocycles. The van der Waals surface area contributed by atoms with E-state index in [1.807, 2.05) is 6.92 Å². The zero-order chi connectivity index (χ0) is 11.3. The molecule has 0 bridgehead atoms. The van der Waals surface area contributed by atoms with Crippen molar-refractivity contribution in [3.05, 3.63) is 0 Å². The van der Waals surface area contributed by atoms with Crippen LogP contribution >= 0.6 is 0 Å². The number of amides is 1. The van der Waals surface area contributed by atoms with Crippen LogP contribution in [-0.2, 0) is 4.79 Å². The lowest BCUT2D eigenvalue weighted by molar-refractivity contribution is -0.126. The monoisotopic (exact) mass is 212 g/mol. The molecule has 1 aliphatic heterocycles. The van der Waals surface area contributed by atoms with Crippen LogP contribution in [0.15, 0.2) is 0 Å². The number of rotatable bonds is 4. The van der Waals surface area contributed by atoms with Crippen molar-refractivity contribution in [1.29, 1.82) is 0 Å². The van der Waals surface area contributed by atoms with Gasteiger partial charge in [0.15, 0.2) is 0 Å². The smallest absolute Gasteiger partial charge is 0.237 e. The Bertz CT molecular complexity index is 198. The summed E-state index contributed by atoms with van der Waals surface area (Å²) < 4.78 is 0. The van der Waals surface area contributed by atoms with Gasteiger partial charge < -0.3 is 5.32 Å². The maximum absolute atomic E-state index is 11.7. The van der Waals surface area contributed by atoms with Crippen LogP contribution < -0.4 is 5.32 Å². The minimum absolute atomic E-state index is 0.0454. The molecule has 1 N–H and O–H groups in total. The summed E-state index contributed by atoms with van der Waals surface area (Å²) in [5, 5.41) is 2.96. The summed E-state index contributed by atoms with van der Waals surface area (Å²) in [4.78, 5) is 14.0. The average Bonchev–Trinajstić information content (AvgIpc) is 2.26. The molecule has 1 atom stereocenters. The molecule has 3 heteroatoms. The summed E-state index contributed by atoms with van der Waals surface area (Å²) in [5.74, 6) is 1.01. The van der Waals surface area contributed by atoms with Crippen LogP contribution in [0.5, 0.6) is 0 Å². The molecule has 1 heterocycles. The molecule has 1 aliphatic rings. The van der Waals surface area contributed by atoms with Gasteiger partial charge in [0, 0.05) is 6.54 Å². The Labute approximate surface area is 93.2 Å². The SMILES string of the molecule is CCCNC(=O)[C@@H](C)N1CCC(C)CC1. The molecule has 3 nitrogen and oxygen atoms in total. The molecule has 1 saturated heterocycles. The molecule has 1 fully saturated rings. The average molecular weight is 212 g/mol. The van der Waals surface area contributed by atoms with Gasteiger partial charge in [-0.15, -0.1) is 0 Å². The molecule has 0 aromatic heterocycles. The van der Waals surface area contributed by atoms with Crippen molar-refractivity contribution >= 4 is 5.91 Å². The molecule has 1 amide bonds. The van der Waals surface area contributed by atoms with E-state index in [1.165, 1.54) is 12.8 Å². The van der Waals surface area contributed by atoms with Gasteiger partial charge in [0.1, 0.15) is 0 Å². The number of carbonyl (C=O) groups excluding carboxylic acids is 1. The first-order valence-corrected chi connectivity index (χ1v) is 6.17. The van der Waals surface area contributed by atoms with E-state index in [1.54, 1.807) is 0 Å². The Hall–Kier alpha value is -0.570. The second kappa shape index (κ2) is 6.11. The minimum Gasteiger partial charge on any atom is -0.355 e. The van der Waals surface area contributed by atoms with Crippen LogP contribution in [0.2, 0.25) is 0 Å². The van der Waals surface area contributed by atoms with E-state index in [0.717, 1.165) is 32.0 Å². The number of hydrogen-bond acceptors (Lipinski definition) is 2. The van der Waals surface area contributed by atoms with Gasteiger partial charge in [-0.3, -0.25) is 9.69 Å². The molecule has 0 radical (unpaired) electrons. The fraction of sp³-hybridized carbons (Fsp3) is 0.917. The second-order valence-corrected chi connectivity index (χ2v) is 4.69. The Morgan fingerprint density at radius 2 is 2.07 bits per heavy atom. The van der Waals surface area contributed by atoms with Crippen molar-refractivity contribution in [2.45, 2.75) is 46.1 Å². The first kappa shape index (κ1) is 12.5. The maximum atomic E-state index is 11.7. The highest BCUT2D eigenvalue weighted by atomic mass is 16.2. The lowest BCUT2D eigenvalue weighted by Crippen LogP contribution is -2.48. The van der Waals surface area contributed by atoms with Crippen molar-refractivity contribution < 1.29 is 4.79 Å². The fourth-order valence-electron chi connectivity index (χ4n) is 1.98. The molecule has 0 aromatic carbocycles. The quantitative estimate of drug-likeness (QED) is 0.768. The fourth-order valence-corrected chi connectivity index (χ4v) is 1.98. The predicted molar refractivity (Wildman–Crippen MR) is 62.7 cm³/mol. The van der Waals surface area contributed by atoms with Crippen molar-refractivity contribution in [3.63, 3.8) is 0 Å². The third kappa shape index (κ3) is 3.82. The zero-order valence-corrected chi connectivity index (χ0v) is 10.3. The van der Waals surface area contributed by atoms with Crippen LogP contribution in [0.3, 0.4) is 0 Å². The van der Waals surface area contributed by atoms with Gasteiger partial charge in [0.05, 0.1) is 6.04 Å². The summed E-state index contributed by atoms with van der Waals surface area (Å²) in [7, 11) is 0. The zero-order valence-electron chi connectivity index (χ0n) is 10.3. The highest BCUT2D eigenvalue weighted by Gasteiger charge is 2.24. The minimum atomic E-state index is 0.0454. The van der Waals surface area contributed by atoms with E-state index in [9.17, 15) is 4.79 Å². The van der Waals surface area contributed by atoms with Crippen LogP contribution in [0.25, 0.3) is 0 Å². The van der Waals surface area contributed by atoms with E-state index in [4.69, 9.17) is 0 Å². The van der Waals surface area contributed by atoms with Crippen molar-refractivity contribution in [2.75, 3.05) is 19.6 Å². The van der Waals surface area contributed by atoms with Crippen molar-refractivity contribution in [2.24, 2.45) is 5.92 Å². The Kier molecular flexibility index (Phi) is 5.09. The molecular weight excluding hydrogens is 188 g/mol. The topological polar surface area (TPSA) is 32.3 Å². The Morgan fingerprint density at radius 1 is 1.47 bits per heavy atom. The summed E-state index contributed by atoms with van der Waals surface area (Å²) in [5.41, 5.74) is 0. The van der Waals surface area contributed by atoms with Crippen molar-refractivity contribution in [1.82, 2.24) is 10.2 Å². The molecule has 0 aromatic rings. The molecular formula is C12H24N2O. The predicted octanol–water partition coefficient (Wildman–Crippen LogP) is 1.63. The molecule has 88 valence electrons. The maximum Gasteiger partial charge on any atom is 0.237 e. The van der Waals surface area contributed by atoms with Crippen LogP contribution in [0.4, 0.5) is 0 Å². The number of piperidine rings is 1. The van der Waals surface area contributed by atoms with Gasteiger partial charge in [-0.25, -0.2) is 0 Å². The first-order chi connectivity index (χ1) is 7.15. The molecule has 15 heavy (non-hydrogen) atoms. The van der Waals surface area contributed by atoms with Gasteiger partial charge in [0.2, 0.25) is 5.91 Å². The van der Waals surface area contributed by atoms with Gasteiger partial charge in [-0.1, -0.05) is 13.8 Å². The third-order valence-electron chi connectivity index (χ3n) is 3.29. The van der Waals surface area contributed by atoms with Gasteiger partial charge in [0.25, 0.3) is 0 Å². The Morgan fingerprint density at radius 3 is 2.60 bits per heavy atom. The van der Waals surface area contributed by atoms with Gasteiger partial charge in [-0.2, -0.15) is 0 Å². The lowest BCUT2D eigenvalue weighted by atomic mass is 9.98. The van der Waals surface area contributed by atoms with Crippen LogP contribution in [-0.4, -0.2) is 36.5 Å². The summed E-state index contributed by atoms with van der Waals surface area (Å²) in [6.45, 7) is 9.32. The second-order valence-electron chi connectivity index (χ2n) is 4.69. The molecule has 0 spiro atoms. The number of hydrogen-bond donors (Lipinski definition) is 1. The van der Waals surface area contributed by atoms with Gasteiger partial charge >= 0.3 is 0 Å². The summed E-state index contributed by atoms with van der Waals surface area (Å²) in [6, 6.07) is 0.0454. The highest BCUT2D eigenvalue weighted by molar-refractivity contribution is 5.81. The molecule has 0 aliphatic carbocycles. The standard InChI is InChI=1S/C12H24N2O/c1-4-7-13-12(15)11(3)14-8-5-10(2)6-9-14/h10-11H,4-9H2,1-3H3,(H,13,15)/t11-/m1/s1. The van der Waals surface area contributed by atoms with E-state index < -0.39 is 0 Å². The van der Waals surface area contributed by atoms with Crippen molar-refractivity contribution in [3.8, 4) is 0 Å². The lowest BCUT2D eigenvalue weighted by Gasteiger charge is -2.34. The van der Waals surface area contributed by atoms with Gasteiger partial charge in [-0.05, 0) is 45.2 Å². The van der Waals surface area contributed by atoms with Crippen LogP contribution in [0.1, 0.15) is 40.0 Å². The summed E-state index contributed by atoms with van der Waals surface area (Å²) in [6.07, 6.45) is 3.46. The number of likely N-dealkylation sites (tertiary alicyclic amines) is 1. The summed E-state index contributed by atoms with van der Waals surface area (Å²) >= 11 is 0.